The maximum atomic E-state index is 12.5. The van der Waals surface area contributed by atoms with E-state index in [1.54, 1.807) is 6.92 Å². The zero-order valence-electron chi connectivity index (χ0n) is 12.3. The second kappa shape index (κ2) is 5.05. The summed E-state index contributed by atoms with van der Waals surface area (Å²) < 4.78 is 11.2. The summed E-state index contributed by atoms with van der Waals surface area (Å²) in [5, 5.41) is 0. The van der Waals surface area contributed by atoms with Gasteiger partial charge in [-0.25, -0.2) is 0 Å². The van der Waals surface area contributed by atoms with Gasteiger partial charge >= 0.3 is 5.97 Å². The fourth-order valence-electron chi connectivity index (χ4n) is 4.32. The smallest absolute Gasteiger partial charge is 0.302 e. The predicted octanol–water partition coefficient (Wildman–Crippen LogP) is 1.45. The Kier molecular flexibility index (Phi) is 3.48. The normalized spacial score (nSPS) is 44.9. The Hall–Kier alpha value is -1.49. The third-order valence-electron chi connectivity index (χ3n) is 5.20. The van der Waals surface area contributed by atoms with Crippen LogP contribution in [0.15, 0.2) is 12.2 Å². The van der Waals surface area contributed by atoms with Crippen molar-refractivity contribution in [2.75, 3.05) is 0 Å². The van der Waals surface area contributed by atoms with E-state index in [9.17, 15) is 14.4 Å². The molecule has 0 aromatic rings. The summed E-state index contributed by atoms with van der Waals surface area (Å²) in [5.74, 6) is -1.01. The van der Waals surface area contributed by atoms with E-state index in [1.165, 1.54) is 6.92 Å². The molecular weight excluding hydrogens is 272 g/mol. The molecule has 0 N–H and O–H groups in total. The Balaban J connectivity index is 2.04. The third-order valence-corrected chi connectivity index (χ3v) is 5.20. The van der Waals surface area contributed by atoms with E-state index in [2.05, 4.69) is 0 Å². The quantitative estimate of drug-likeness (QED) is 0.437. The molecule has 1 aliphatic heterocycles. The van der Waals surface area contributed by atoms with Gasteiger partial charge in [-0.3, -0.25) is 9.59 Å². The van der Waals surface area contributed by atoms with Gasteiger partial charge in [-0.2, -0.15) is 0 Å². The van der Waals surface area contributed by atoms with Crippen LogP contribution in [0, 0.1) is 17.3 Å². The minimum atomic E-state index is -0.878. The molecule has 0 spiro atoms. The summed E-state index contributed by atoms with van der Waals surface area (Å²) >= 11 is 0. The van der Waals surface area contributed by atoms with Crippen LogP contribution in [0.25, 0.3) is 0 Å². The highest BCUT2D eigenvalue weighted by molar-refractivity contribution is 5.91. The highest BCUT2D eigenvalue weighted by Gasteiger charge is 2.62. The first kappa shape index (κ1) is 14.4. The second-order valence-corrected chi connectivity index (χ2v) is 6.25. The van der Waals surface area contributed by atoms with Gasteiger partial charge in [-0.15, -0.1) is 0 Å². The topological polar surface area (TPSA) is 69.7 Å². The van der Waals surface area contributed by atoms with Gasteiger partial charge in [-0.05, 0) is 26.2 Å². The number of carbonyl (C=O) groups is 3. The third kappa shape index (κ3) is 1.98. The van der Waals surface area contributed by atoms with Gasteiger partial charge in [0.15, 0.2) is 5.78 Å². The number of hydrogen-bond acceptors (Lipinski definition) is 5. The van der Waals surface area contributed by atoms with Crippen LogP contribution in [-0.2, 0) is 23.9 Å². The van der Waals surface area contributed by atoms with Crippen LogP contribution in [-0.4, -0.2) is 36.4 Å². The van der Waals surface area contributed by atoms with E-state index in [4.69, 9.17) is 9.47 Å². The van der Waals surface area contributed by atoms with Crippen molar-refractivity contribution >= 4 is 18.0 Å². The molecule has 3 aliphatic rings. The number of hydrogen-bond donors (Lipinski definition) is 0. The van der Waals surface area contributed by atoms with Crippen LogP contribution in [0.2, 0.25) is 0 Å². The van der Waals surface area contributed by atoms with Crippen molar-refractivity contribution in [1.82, 2.24) is 0 Å². The fraction of sp³-hybridized carbons (Fsp3) is 0.688. The van der Waals surface area contributed by atoms with Crippen LogP contribution >= 0.6 is 0 Å². The largest absolute Gasteiger partial charge is 0.462 e. The summed E-state index contributed by atoms with van der Waals surface area (Å²) in [7, 11) is 0. The molecule has 21 heavy (non-hydrogen) atoms. The molecule has 0 aromatic carbocycles. The van der Waals surface area contributed by atoms with Crippen molar-refractivity contribution in [3.63, 3.8) is 0 Å². The summed E-state index contributed by atoms with van der Waals surface area (Å²) in [5.41, 5.74) is -0.878. The van der Waals surface area contributed by atoms with E-state index in [0.717, 1.165) is 6.29 Å². The molecule has 1 saturated carbocycles. The molecule has 1 saturated heterocycles. The van der Waals surface area contributed by atoms with Gasteiger partial charge in [0.1, 0.15) is 18.5 Å². The molecule has 0 radical (unpaired) electrons. The van der Waals surface area contributed by atoms with Crippen LogP contribution in [0.5, 0.6) is 0 Å². The lowest BCUT2D eigenvalue weighted by Gasteiger charge is -2.56. The van der Waals surface area contributed by atoms with Gasteiger partial charge < -0.3 is 14.3 Å². The molecule has 5 heteroatoms. The summed E-state index contributed by atoms with van der Waals surface area (Å²) in [6, 6.07) is 0. The Morgan fingerprint density at radius 3 is 2.90 bits per heavy atom. The molecule has 0 bridgehead atoms. The number of rotatable bonds is 2. The first-order valence-electron chi connectivity index (χ1n) is 7.50. The molecule has 0 aromatic heterocycles. The van der Waals surface area contributed by atoms with E-state index < -0.39 is 11.5 Å². The molecule has 2 fully saturated rings. The molecule has 114 valence electrons. The maximum absolute atomic E-state index is 12.5. The first-order chi connectivity index (χ1) is 10.0. The Morgan fingerprint density at radius 2 is 2.24 bits per heavy atom. The van der Waals surface area contributed by atoms with E-state index in [0.29, 0.717) is 19.3 Å². The van der Waals surface area contributed by atoms with Crippen LogP contribution in [0.1, 0.15) is 33.1 Å². The lowest BCUT2D eigenvalue weighted by molar-refractivity contribution is -0.206. The Bertz CT molecular complexity index is 511. The van der Waals surface area contributed by atoms with Gasteiger partial charge in [0.25, 0.3) is 0 Å². The summed E-state index contributed by atoms with van der Waals surface area (Å²) in [4.78, 5) is 35.8. The van der Waals surface area contributed by atoms with Gasteiger partial charge in [0.05, 0.1) is 11.5 Å². The number of carbonyl (C=O) groups excluding carboxylic acids is 3. The van der Waals surface area contributed by atoms with Crippen molar-refractivity contribution in [3.8, 4) is 0 Å². The number of aldehydes is 1. The molecule has 1 heterocycles. The van der Waals surface area contributed by atoms with E-state index in [1.807, 2.05) is 12.2 Å². The van der Waals surface area contributed by atoms with Crippen LogP contribution in [0.3, 0.4) is 0 Å². The molecule has 0 amide bonds. The number of allylic oxidation sites excluding steroid dienone is 1. The zero-order valence-corrected chi connectivity index (χ0v) is 12.3. The minimum Gasteiger partial charge on any atom is -0.462 e. The van der Waals surface area contributed by atoms with Crippen molar-refractivity contribution in [2.24, 2.45) is 17.3 Å². The van der Waals surface area contributed by atoms with Crippen LogP contribution in [0.4, 0.5) is 0 Å². The summed E-state index contributed by atoms with van der Waals surface area (Å²) in [6.07, 6.45) is 5.51. The zero-order chi connectivity index (χ0) is 15.2. The Morgan fingerprint density at radius 1 is 1.48 bits per heavy atom. The minimum absolute atomic E-state index is 0.0174. The molecule has 2 aliphatic carbocycles. The number of ether oxygens (including phenoxy) is 2. The maximum Gasteiger partial charge on any atom is 0.302 e. The average molecular weight is 292 g/mol. The fourth-order valence-corrected chi connectivity index (χ4v) is 4.32. The Labute approximate surface area is 123 Å². The van der Waals surface area contributed by atoms with Crippen LogP contribution < -0.4 is 0 Å². The predicted molar refractivity (Wildman–Crippen MR) is 73.4 cm³/mol. The number of esters is 1. The lowest BCUT2D eigenvalue weighted by atomic mass is 9.52. The molecule has 6 atom stereocenters. The van der Waals surface area contributed by atoms with Crippen molar-refractivity contribution < 1.29 is 23.9 Å². The molecular formula is C16H20O5. The van der Waals surface area contributed by atoms with Gasteiger partial charge in [-0.1, -0.05) is 12.2 Å². The highest BCUT2D eigenvalue weighted by Crippen LogP contribution is 2.54. The second-order valence-electron chi connectivity index (χ2n) is 6.25. The first-order valence-corrected chi connectivity index (χ1v) is 7.50. The average Bonchev–Trinajstić information content (AvgIpc) is 2.46. The summed E-state index contributed by atoms with van der Waals surface area (Å²) in [6.45, 7) is 3.12. The standard InChI is InChI=1S/C16H20O5/c1-9-15(19)12-5-3-4-11-13(21-10(2)18)6-7-14(20-9)16(11,12)8-17/h3-4,8-9,11-14H,5-7H2,1-2H3/t9-,11+,12-,13-,14-,16-/m0/s1. The number of ketones is 1. The lowest BCUT2D eigenvalue weighted by Crippen LogP contribution is -2.64. The molecule has 0 unspecified atom stereocenters. The molecule has 3 rings (SSSR count). The monoisotopic (exact) mass is 292 g/mol. The van der Waals surface area contributed by atoms with Crippen molar-refractivity contribution in [3.05, 3.63) is 12.2 Å². The van der Waals surface area contributed by atoms with Crippen molar-refractivity contribution in [1.29, 1.82) is 0 Å². The number of Topliss-reactive ketones (excluding diaryl/α,β-unsaturated/α-hetero) is 1. The SMILES string of the molecule is CC(=O)O[C@H]1CC[C@@H]2O[C@@H](C)C(=O)[C@@H]3CC=C[C@H]1[C@]23C=O. The van der Waals surface area contributed by atoms with E-state index in [-0.39, 0.29) is 35.8 Å². The molecule has 5 nitrogen and oxygen atoms in total. The van der Waals surface area contributed by atoms with E-state index >= 15 is 0 Å². The van der Waals surface area contributed by atoms with Crippen molar-refractivity contribution in [2.45, 2.75) is 51.4 Å². The highest BCUT2D eigenvalue weighted by atomic mass is 16.5. The van der Waals surface area contributed by atoms with Gasteiger partial charge in [0, 0.05) is 18.8 Å². The van der Waals surface area contributed by atoms with Gasteiger partial charge in [0.2, 0.25) is 0 Å².